The summed E-state index contributed by atoms with van der Waals surface area (Å²) in [4.78, 5) is 0. The topological polar surface area (TPSA) is 111 Å². The van der Waals surface area contributed by atoms with Gasteiger partial charge in [-0.3, -0.25) is 9.87 Å². The Balaban J connectivity index is 1.92. The second-order valence-corrected chi connectivity index (χ2v) is 6.34. The Hall–Kier alpha value is -2.13. The standard InChI is InChI=1S/C15H17N3O4S/c19-15(16-10-11-23(20,21)22)12-6-8-14(9-7-12)18-17-13-4-2-1-3-5-13/h1-9,15-16,19H,10-11H2,(H,20,21,22). The molecule has 3 N–H and O–H groups in total. The van der Waals surface area contributed by atoms with Crippen LogP contribution in [0, 0.1) is 0 Å². The number of rotatable bonds is 7. The number of nitrogens with one attached hydrogen (secondary N) is 1. The number of benzene rings is 2. The molecule has 1 unspecified atom stereocenters. The van der Waals surface area contributed by atoms with Crippen molar-refractivity contribution in [2.24, 2.45) is 10.2 Å². The number of nitrogens with zero attached hydrogens (tertiary/aromatic N) is 2. The fourth-order valence-electron chi connectivity index (χ4n) is 1.78. The van der Waals surface area contributed by atoms with Crippen LogP contribution >= 0.6 is 0 Å². The maximum atomic E-state index is 10.6. The first-order valence-electron chi connectivity index (χ1n) is 6.87. The van der Waals surface area contributed by atoms with Gasteiger partial charge in [-0.05, 0) is 29.8 Å². The van der Waals surface area contributed by atoms with Gasteiger partial charge in [0, 0.05) is 6.54 Å². The molecule has 122 valence electrons. The van der Waals surface area contributed by atoms with Crippen molar-refractivity contribution in [2.45, 2.75) is 6.23 Å². The zero-order valence-electron chi connectivity index (χ0n) is 12.2. The zero-order chi connectivity index (χ0) is 16.7. The van der Waals surface area contributed by atoms with Crippen molar-refractivity contribution in [3.63, 3.8) is 0 Å². The van der Waals surface area contributed by atoms with E-state index in [-0.39, 0.29) is 6.54 Å². The van der Waals surface area contributed by atoms with E-state index in [4.69, 9.17) is 4.55 Å². The summed E-state index contributed by atoms with van der Waals surface area (Å²) >= 11 is 0. The van der Waals surface area contributed by atoms with Gasteiger partial charge >= 0.3 is 0 Å². The molecule has 0 saturated heterocycles. The minimum Gasteiger partial charge on any atom is -0.374 e. The summed E-state index contributed by atoms with van der Waals surface area (Å²) in [6.07, 6.45) is -1.03. The van der Waals surface area contributed by atoms with Gasteiger partial charge in [-0.15, -0.1) is 0 Å². The molecule has 0 aliphatic rings. The third-order valence-electron chi connectivity index (χ3n) is 2.94. The number of hydrogen-bond acceptors (Lipinski definition) is 6. The van der Waals surface area contributed by atoms with Crippen LogP contribution in [0.3, 0.4) is 0 Å². The van der Waals surface area contributed by atoms with Crippen molar-refractivity contribution >= 4 is 21.5 Å². The third kappa shape index (κ3) is 6.25. The van der Waals surface area contributed by atoms with Gasteiger partial charge in [-0.2, -0.15) is 18.6 Å². The van der Waals surface area contributed by atoms with Gasteiger partial charge in [-0.1, -0.05) is 30.3 Å². The van der Waals surface area contributed by atoms with Crippen LogP contribution in [0.15, 0.2) is 64.8 Å². The molecule has 0 bridgehead atoms. The van der Waals surface area contributed by atoms with E-state index < -0.39 is 22.1 Å². The van der Waals surface area contributed by atoms with E-state index in [9.17, 15) is 13.5 Å². The first-order valence-corrected chi connectivity index (χ1v) is 8.48. The average molecular weight is 335 g/mol. The Labute approximate surface area is 134 Å². The van der Waals surface area contributed by atoms with Gasteiger partial charge in [0.05, 0.1) is 17.1 Å². The molecule has 0 spiro atoms. The molecule has 0 aromatic heterocycles. The molecule has 2 aromatic carbocycles. The largest absolute Gasteiger partial charge is 0.374 e. The van der Waals surface area contributed by atoms with Gasteiger partial charge in [0.2, 0.25) is 0 Å². The summed E-state index contributed by atoms with van der Waals surface area (Å²) in [6, 6.07) is 16.0. The lowest BCUT2D eigenvalue weighted by atomic mass is 10.2. The van der Waals surface area contributed by atoms with Crippen molar-refractivity contribution in [3.05, 3.63) is 60.2 Å². The summed E-state index contributed by atoms with van der Waals surface area (Å²) in [7, 11) is -4.04. The fraction of sp³-hybridized carbons (Fsp3) is 0.200. The lowest BCUT2D eigenvalue weighted by Crippen LogP contribution is -2.26. The molecule has 23 heavy (non-hydrogen) atoms. The highest BCUT2D eigenvalue weighted by Gasteiger charge is 2.09. The van der Waals surface area contributed by atoms with E-state index >= 15 is 0 Å². The van der Waals surface area contributed by atoms with Crippen molar-refractivity contribution in [1.82, 2.24) is 5.32 Å². The lowest BCUT2D eigenvalue weighted by Gasteiger charge is -2.12. The minimum absolute atomic E-state index is 0.0601. The maximum Gasteiger partial charge on any atom is 0.266 e. The predicted molar refractivity (Wildman–Crippen MR) is 86.4 cm³/mol. The van der Waals surface area contributed by atoms with Crippen LogP contribution in [0.4, 0.5) is 11.4 Å². The molecular formula is C15H17N3O4S. The molecular weight excluding hydrogens is 318 g/mol. The van der Waals surface area contributed by atoms with E-state index in [1.54, 1.807) is 24.3 Å². The smallest absolute Gasteiger partial charge is 0.266 e. The van der Waals surface area contributed by atoms with E-state index in [0.717, 1.165) is 5.69 Å². The molecule has 7 nitrogen and oxygen atoms in total. The number of hydrogen-bond donors (Lipinski definition) is 3. The molecule has 0 heterocycles. The second kappa shape index (κ2) is 7.93. The first-order chi connectivity index (χ1) is 10.9. The van der Waals surface area contributed by atoms with E-state index in [1.807, 2.05) is 30.3 Å². The lowest BCUT2D eigenvalue weighted by molar-refractivity contribution is 0.142. The van der Waals surface area contributed by atoms with E-state index in [0.29, 0.717) is 11.3 Å². The summed E-state index contributed by atoms with van der Waals surface area (Å²) in [5.41, 5.74) is 1.92. The fourth-order valence-corrected chi connectivity index (χ4v) is 2.15. The molecule has 8 heteroatoms. The Kier molecular flexibility index (Phi) is 5.94. The molecule has 2 rings (SSSR count). The molecule has 0 aliphatic carbocycles. The Morgan fingerprint density at radius 1 is 0.957 bits per heavy atom. The highest BCUT2D eigenvalue weighted by Crippen LogP contribution is 2.20. The van der Waals surface area contributed by atoms with Gasteiger partial charge in [-0.25, -0.2) is 0 Å². The van der Waals surface area contributed by atoms with Gasteiger partial charge in [0.1, 0.15) is 6.23 Å². The summed E-state index contributed by atoms with van der Waals surface area (Å²) in [5.74, 6) is -0.465. The van der Waals surface area contributed by atoms with Crippen molar-refractivity contribution < 1.29 is 18.1 Å². The Morgan fingerprint density at radius 2 is 1.52 bits per heavy atom. The van der Waals surface area contributed by atoms with Crippen molar-refractivity contribution in [2.75, 3.05) is 12.3 Å². The van der Waals surface area contributed by atoms with Crippen molar-refractivity contribution in [3.8, 4) is 0 Å². The highest BCUT2D eigenvalue weighted by atomic mass is 32.2. The average Bonchev–Trinajstić information content (AvgIpc) is 2.53. The minimum atomic E-state index is -4.04. The van der Waals surface area contributed by atoms with Crippen LogP contribution < -0.4 is 5.32 Å². The highest BCUT2D eigenvalue weighted by molar-refractivity contribution is 7.85. The van der Waals surface area contributed by atoms with Crippen LogP contribution in [0.2, 0.25) is 0 Å². The normalized spacial score (nSPS) is 13.3. The molecule has 0 radical (unpaired) electrons. The quantitative estimate of drug-likeness (QED) is 0.409. The first kappa shape index (κ1) is 17.2. The molecule has 0 amide bonds. The van der Waals surface area contributed by atoms with Crippen LogP contribution in [-0.2, 0) is 10.1 Å². The molecule has 2 aromatic rings. The maximum absolute atomic E-state index is 10.6. The SMILES string of the molecule is O=S(=O)(O)CCNC(O)c1ccc(N=Nc2ccccc2)cc1. The van der Waals surface area contributed by atoms with Crippen LogP contribution in [0.1, 0.15) is 11.8 Å². The number of aliphatic hydroxyl groups is 1. The number of azo groups is 1. The Bertz CT molecular complexity index is 746. The Morgan fingerprint density at radius 3 is 2.09 bits per heavy atom. The second-order valence-electron chi connectivity index (χ2n) is 4.77. The molecule has 0 saturated carbocycles. The third-order valence-corrected chi connectivity index (χ3v) is 3.66. The van der Waals surface area contributed by atoms with E-state index in [2.05, 4.69) is 15.5 Å². The summed E-state index contributed by atoms with van der Waals surface area (Å²) < 4.78 is 29.8. The van der Waals surface area contributed by atoms with Gasteiger partial charge in [0.15, 0.2) is 0 Å². The summed E-state index contributed by atoms with van der Waals surface area (Å²) in [6.45, 7) is -0.0601. The van der Waals surface area contributed by atoms with Crippen LogP contribution in [0.5, 0.6) is 0 Å². The molecule has 1 atom stereocenters. The molecule has 0 fully saturated rings. The number of aliphatic hydroxyl groups excluding tert-OH is 1. The van der Waals surface area contributed by atoms with Gasteiger partial charge in [0.25, 0.3) is 10.1 Å². The predicted octanol–water partition coefficient (Wildman–Crippen LogP) is 2.57. The zero-order valence-corrected chi connectivity index (χ0v) is 13.0. The van der Waals surface area contributed by atoms with E-state index in [1.165, 1.54) is 0 Å². The summed E-state index contributed by atoms with van der Waals surface area (Å²) in [5, 5.41) is 20.6. The molecule has 0 aliphatic heterocycles. The van der Waals surface area contributed by atoms with Crippen LogP contribution in [0.25, 0.3) is 0 Å². The van der Waals surface area contributed by atoms with Crippen LogP contribution in [-0.4, -0.2) is 30.4 Å². The van der Waals surface area contributed by atoms with Gasteiger partial charge < -0.3 is 5.11 Å². The van der Waals surface area contributed by atoms with Crippen molar-refractivity contribution in [1.29, 1.82) is 0 Å². The monoisotopic (exact) mass is 335 g/mol.